The molecule has 0 fully saturated rings. The summed E-state index contributed by atoms with van der Waals surface area (Å²) in [4.78, 5) is -1.24. The number of ether oxygens (including phenoxy) is 3. The Bertz CT molecular complexity index is 1540. The minimum atomic E-state index is -4.65. The largest absolute Gasteiger partial charge is 0.495 e. The topological polar surface area (TPSA) is 120 Å². The third kappa shape index (κ3) is 5.69. The number of nitrogens with one attached hydrogen (secondary N) is 2. The van der Waals surface area contributed by atoms with Gasteiger partial charge in [-0.05, 0) is 30.3 Å². The second-order valence-corrected chi connectivity index (χ2v) is 11.2. The van der Waals surface area contributed by atoms with E-state index in [1.165, 1.54) is 26.4 Å². The van der Waals surface area contributed by atoms with Crippen LogP contribution in [0.15, 0.2) is 52.3 Å². The maximum Gasteiger partial charge on any atom is 0.265 e. The summed E-state index contributed by atoms with van der Waals surface area (Å²) in [5.41, 5.74) is -1.11. The van der Waals surface area contributed by atoms with E-state index in [0.717, 1.165) is 37.4 Å². The molecule has 0 radical (unpaired) electrons. The molecule has 0 aromatic heterocycles. The highest BCUT2D eigenvalue weighted by Crippen LogP contribution is 2.36. The molecule has 0 spiro atoms. The van der Waals surface area contributed by atoms with Crippen molar-refractivity contribution in [2.45, 2.75) is 9.79 Å². The van der Waals surface area contributed by atoms with Crippen LogP contribution < -0.4 is 23.7 Å². The van der Waals surface area contributed by atoms with Crippen molar-refractivity contribution in [2.24, 2.45) is 0 Å². The van der Waals surface area contributed by atoms with Gasteiger partial charge in [0.25, 0.3) is 20.0 Å². The Kier molecular flexibility index (Phi) is 8.08. The van der Waals surface area contributed by atoms with E-state index in [-0.39, 0.29) is 27.3 Å². The Balaban J connectivity index is 2.09. The van der Waals surface area contributed by atoms with E-state index in [0.29, 0.717) is 0 Å². The quantitative estimate of drug-likeness (QED) is 0.368. The van der Waals surface area contributed by atoms with Crippen molar-refractivity contribution >= 4 is 54.6 Å². The number of hydrogen-bond acceptors (Lipinski definition) is 7. The van der Waals surface area contributed by atoms with Crippen LogP contribution in [0.4, 0.5) is 20.2 Å². The van der Waals surface area contributed by atoms with Gasteiger partial charge in [0.15, 0.2) is 11.6 Å². The molecule has 0 bridgehead atoms. The average Bonchev–Trinajstić information content (AvgIpc) is 2.81. The lowest BCUT2D eigenvalue weighted by atomic mass is 10.3. The summed E-state index contributed by atoms with van der Waals surface area (Å²) >= 11 is 11.6. The Morgan fingerprint density at radius 3 is 1.56 bits per heavy atom. The smallest absolute Gasteiger partial charge is 0.265 e. The number of rotatable bonds is 9. The van der Waals surface area contributed by atoms with Crippen LogP contribution in [0.3, 0.4) is 0 Å². The fourth-order valence-electron chi connectivity index (χ4n) is 3.04. The summed E-state index contributed by atoms with van der Waals surface area (Å²) in [7, 11) is -5.72. The van der Waals surface area contributed by atoms with Crippen LogP contribution in [0.25, 0.3) is 0 Å². The van der Waals surface area contributed by atoms with E-state index < -0.39 is 52.8 Å². The van der Waals surface area contributed by atoms with Crippen molar-refractivity contribution in [3.63, 3.8) is 0 Å². The maximum atomic E-state index is 14.5. The summed E-state index contributed by atoms with van der Waals surface area (Å²) in [5.74, 6) is -2.77. The minimum Gasteiger partial charge on any atom is -0.495 e. The highest BCUT2D eigenvalue weighted by molar-refractivity contribution is 7.93. The molecule has 2 N–H and O–H groups in total. The first-order valence-electron chi connectivity index (χ1n) is 9.62. The number of hydrogen-bond donors (Lipinski definition) is 2. The van der Waals surface area contributed by atoms with Crippen molar-refractivity contribution < 1.29 is 39.8 Å². The summed E-state index contributed by atoms with van der Waals surface area (Å²) in [6.45, 7) is 0. The van der Waals surface area contributed by atoms with Gasteiger partial charge in [-0.25, -0.2) is 25.6 Å². The van der Waals surface area contributed by atoms with Crippen molar-refractivity contribution in [1.29, 1.82) is 0 Å². The Morgan fingerprint density at radius 1 is 0.667 bits per heavy atom. The molecule has 0 aliphatic heterocycles. The Hall–Kier alpha value is -3.00. The van der Waals surface area contributed by atoms with E-state index in [1.807, 2.05) is 9.44 Å². The molecule has 0 heterocycles. The summed E-state index contributed by atoms with van der Waals surface area (Å²) < 4.78 is 100. The predicted octanol–water partition coefficient (Wildman–Crippen LogP) is 4.90. The van der Waals surface area contributed by atoms with Crippen LogP contribution in [-0.2, 0) is 20.0 Å². The zero-order chi connectivity index (χ0) is 26.8. The molecule has 0 saturated heterocycles. The van der Waals surface area contributed by atoms with Crippen LogP contribution in [0.1, 0.15) is 0 Å². The van der Waals surface area contributed by atoms with E-state index in [4.69, 9.17) is 37.4 Å². The van der Waals surface area contributed by atoms with Crippen LogP contribution in [-0.4, -0.2) is 38.2 Å². The molecule has 0 aliphatic rings. The summed E-state index contributed by atoms with van der Waals surface area (Å²) in [6, 6.07) is 6.94. The van der Waals surface area contributed by atoms with Crippen molar-refractivity contribution in [2.75, 3.05) is 30.8 Å². The second-order valence-electron chi connectivity index (χ2n) is 6.95. The van der Waals surface area contributed by atoms with Gasteiger partial charge in [0, 0.05) is 22.2 Å². The first kappa shape index (κ1) is 27.6. The van der Waals surface area contributed by atoms with Gasteiger partial charge in [0.2, 0.25) is 0 Å². The molecule has 36 heavy (non-hydrogen) atoms. The molecular formula is C21H18Cl2F2N2O7S2. The Labute approximate surface area is 216 Å². The molecule has 3 rings (SSSR count). The summed E-state index contributed by atoms with van der Waals surface area (Å²) in [5, 5.41) is -0.0880. The zero-order valence-corrected chi connectivity index (χ0v) is 21.9. The van der Waals surface area contributed by atoms with Gasteiger partial charge in [-0.2, -0.15) is 0 Å². The predicted molar refractivity (Wildman–Crippen MR) is 131 cm³/mol. The van der Waals surface area contributed by atoms with Crippen LogP contribution in [0, 0.1) is 11.6 Å². The number of sulfonamides is 2. The van der Waals surface area contributed by atoms with Crippen molar-refractivity contribution in [1.82, 2.24) is 0 Å². The lowest BCUT2D eigenvalue weighted by Gasteiger charge is -2.17. The molecule has 3 aromatic carbocycles. The van der Waals surface area contributed by atoms with Gasteiger partial charge in [0.1, 0.15) is 33.5 Å². The molecule has 9 nitrogen and oxygen atoms in total. The van der Waals surface area contributed by atoms with E-state index >= 15 is 0 Å². The second kappa shape index (κ2) is 10.5. The first-order valence-corrected chi connectivity index (χ1v) is 13.3. The number of methoxy groups -OCH3 is 3. The van der Waals surface area contributed by atoms with E-state index in [9.17, 15) is 25.6 Å². The van der Waals surface area contributed by atoms with E-state index in [2.05, 4.69) is 0 Å². The fourth-order valence-corrected chi connectivity index (χ4v) is 5.88. The Morgan fingerprint density at radius 2 is 1.11 bits per heavy atom. The van der Waals surface area contributed by atoms with Crippen LogP contribution in [0.5, 0.6) is 17.2 Å². The fraction of sp³-hybridized carbons (Fsp3) is 0.143. The van der Waals surface area contributed by atoms with Gasteiger partial charge in [-0.1, -0.05) is 23.2 Å². The SMILES string of the molecule is COc1ccc(S(=O)(=O)Nc2c(F)cc(Cl)cc2OC)cc1S(=O)(=O)Nc1c(F)cc(Cl)cc1OC. The van der Waals surface area contributed by atoms with Gasteiger partial charge in [-0.15, -0.1) is 0 Å². The highest BCUT2D eigenvalue weighted by atomic mass is 35.5. The molecule has 15 heteroatoms. The molecule has 0 atom stereocenters. The van der Waals surface area contributed by atoms with Gasteiger partial charge < -0.3 is 14.2 Å². The van der Waals surface area contributed by atoms with Crippen LogP contribution in [0.2, 0.25) is 10.0 Å². The van der Waals surface area contributed by atoms with Gasteiger partial charge in [0.05, 0.1) is 26.2 Å². The molecule has 194 valence electrons. The molecule has 3 aromatic rings. The lowest BCUT2D eigenvalue weighted by molar-refractivity contribution is 0.402. The van der Waals surface area contributed by atoms with Crippen molar-refractivity contribution in [3.05, 3.63) is 64.1 Å². The minimum absolute atomic E-state index is 0.0407. The number of anilines is 2. The highest BCUT2D eigenvalue weighted by Gasteiger charge is 2.28. The molecule has 0 aliphatic carbocycles. The van der Waals surface area contributed by atoms with Crippen molar-refractivity contribution in [3.8, 4) is 17.2 Å². The number of benzene rings is 3. The standard InChI is InChI=1S/C21H18Cl2F2N2O7S2/c1-32-16-5-4-13(35(28,29)26-20-14(24)6-11(22)8-17(20)33-2)10-19(16)36(30,31)27-21-15(25)7-12(23)9-18(21)34-3/h4-10,26-27H,1-3H3. The maximum absolute atomic E-state index is 14.5. The molecular weight excluding hydrogens is 565 g/mol. The lowest BCUT2D eigenvalue weighted by Crippen LogP contribution is -2.18. The monoisotopic (exact) mass is 582 g/mol. The third-order valence-corrected chi connectivity index (χ3v) is 7.84. The summed E-state index contributed by atoms with van der Waals surface area (Å²) in [6.07, 6.45) is 0. The van der Waals surface area contributed by atoms with E-state index in [1.54, 1.807) is 0 Å². The van der Waals surface area contributed by atoms with Gasteiger partial charge in [-0.3, -0.25) is 9.44 Å². The molecule has 0 amide bonds. The molecule has 0 saturated carbocycles. The van der Waals surface area contributed by atoms with Gasteiger partial charge >= 0.3 is 0 Å². The first-order chi connectivity index (χ1) is 16.8. The average molecular weight is 583 g/mol. The molecule has 0 unspecified atom stereocenters. The third-order valence-electron chi connectivity index (χ3n) is 4.69. The zero-order valence-electron chi connectivity index (χ0n) is 18.7. The number of halogens is 4. The normalized spacial score (nSPS) is 11.6. The van der Waals surface area contributed by atoms with Crippen LogP contribution >= 0.6 is 23.2 Å².